The molecule has 37 heavy (non-hydrogen) atoms. The maximum Gasteiger partial charge on any atom is 0.335 e. The first-order chi connectivity index (χ1) is 17.6. The zero-order chi connectivity index (χ0) is 26.6. The quantitative estimate of drug-likeness (QED) is 0.307. The van der Waals surface area contributed by atoms with Crippen molar-refractivity contribution in [1.29, 1.82) is 0 Å². The molecule has 0 saturated carbocycles. The van der Waals surface area contributed by atoms with Gasteiger partial charge in [0.05, 0.1) is 11.3 Å². The van der Waals surface area contributed by atoms with Crippen molar-refractivity contribution in [3.05, 3.63) is 119 Å². The van der Waals surface area contributed by atoms with Crippen LogP contribution in [-0.2, 0) is 23.1 Å². The van der Waals surface area contributed by atoms with E-state index in [4.69, 9.17) is 9.88 Å². The standard InChI is InChI=1S/C27H22F2N2O5S/c28-21-10-6-18(7-11-21)16-31(17-19-8-12-22(29)13-9-19)24-14-20(27(32)33)15-25(37(30,34)35)26(24)36-23-4-2-1-3-5-23/h1-15H,16-17H2,(H,32,33)(H2,30,34,35). The Labute approximate surface area is 212 Å². The van der Waals surface area contributed by atoms with Crippen molar-refractivity contribution >= 4 is 21.7 Å². The van der Waals surface area contributed by atoms with Crippen molar-refractivity contribution in [3.8, 4) is 11.5 Å². The number of primary sulfonamides is 1. The van der Waals surface area contributed by atoms with Crippen molar-refractivity contribution in [3.63, 3.8) is 0 Å². The Kier molecular flexibility index (Phi) is 7.51. The molecule has 0 aliphatic rings. The van der Waals surface area contributed by atoms with E-state index < -0.39 is 32.5 Å². The van der Waals surface area contributed by atoms with Crippen LogP contribution >= 0.6 is 0 Å². The monoisotopic (exact) mass is 524 g/mol. The van der Waals surface area contributed by atoms with Gasteiger partial charge < -0.3 is 14.7 Å². The van der Waals surface area contributed by atoms with Crippen LogP contribution in [0.3, 0.4) is 0 Å². The number of hydrogen-bond acceptors (Lipinski definition) is 5. The fourth-order valence-electron chi connectivity index (χ4n) is 3.71. The first kappa shape index (κ1) is 25.8. The number of carboxylic acid groups (broad SMARTS) is 1. The molecule has 0 bridgehead atoms. The number of anilines is 1. The molecule has 0 aromatic heterocycles. The van der Waals surface area contributed by atoms with E-state index in [0.717, 1.165) is 6.07 Å². The second-order valence-corrected chi connectivity index (χ2v) is 9.73. The Morgan fingerprint density at radius 3 is 1.81 bits per heavy atom. The largest absolute Gasteiger partial charge is 0.478 e. The van der Waals surface area contributed by atoms with Crippen LogP contribution in [0.5, 0.6) is 11.5 Å². The molecular formula is C27H22F2N2O5S. The van der Waals surface area contributed by atoms with Crippen LogP contribution in [0.25, 0.3) is 0 Å². The van der Waals surface area contributed by atoms with Crippen molar-refractivity contribution < 1.29 is 31.8 Å². The fraction of sp³-hybridized carbons (Fsp3) is 0.0741. The average Bonchev–Trinajstić information content (AvgIpc) is 2.86. The number of para-hydroxylation sites is 1. The van der Waals surface area contributed by atoms with Crippen molar-refractivity contribution in [2.24, 2.45) is 5.14 Å². The summed E-state index contributed by atoms with van der Waals surface area (Å²) in [4.78, 5) is 13.1. The number of hydrogen-bond donors (Lipinski definition) is 2. The van der Waals surface area contributed by atoms with Gasteiger partial charge in [-0.05, 0) is 59.7 Å². The van der Waals surface area contributed by atoms with E-state index in [9.17, 15) is 27.1 Å². The zero-order valence-electron chi connectivity index (χ0n) is 19.3. The molecule has 0 aliphatic heterocycles. The van der Waals surface area contributed by atoms with Gasteiger partial charge in [0.25, 0.3) is 0 Å². The fourth-order valence-corrected chi connectivity index (χ4v) is 4.41. The van der Waals surface area contributed by atoms with Crippen LogP contribution in [0.15, 0.2) is 95.9 Å². The lowest BCUT2D eigenvalue weighted by Gasteiger charge is -2.28. The van der Waals surface area contributed by atoms with Crippen LogP contribution in [0.4, 0.5) is 14.5 Å². The summed E-state index contributed by atoms with van der Waals surface area (Å²) in [6.45, 7) is 0.214. The van der Waals surface area contributed by atoms with Crippen molar-refractivity contribution in [2.45, 2.75) is 18.0 Å². The van der Waals surface area contributed by atoms with Gasteiger partial charge in [-0.25, -0.2) is 27.1 Å². The molecule has 0 heterocycles. The summed E-state index contributed by atoms with van der Waals surface area (Å²) in [6.07, 6.45) is 0. The lowest BCUT2D eigenvalue weighted by molar-refractivity contribution is 0.0696. The molecule has 0 aliphatic carbocycles. The number of nitrogens with zero attached hydrogens (tertiary/aromatic N) is 1. The molecule has 0 fully saturated rings. The zero-order valence-corrected chi connectivity index (χ0v) is 20.2. The molecule has 3 N–H and O–H groups in total. The minimum Gasteiger partial charge on any atom is -0.478 e. The molecule has 0 spiro atoms. The number of benzene rings is 4. The predicted octanol–water partition coefficient (Wildman–Crippen LogP) is 5.31. The number of carbonyl (C=O) groups is 1. The first-order valence-electron chi connectivity index (χ1n) is 11.0. The number of rotatable bonds is 9. The highest BCUT2D eigenvalue weighted by molar-refractivity contribution is 7.89. The summed E-state index contributed by atoms with van der Waals surface area (Å²) in [7, 11) is -4.44. The highest BCUT2D eigenvalue weighted by Crippen LogP contribution is 2.40. The second kappa shape index (κ2) is 10.8. The SMILES string of the molecule is NS(=O)(=O)c1cc(C(=O)O)cc(N(Cc2ccc(F)cc2)Cc2ccc(F)cc2)c1Oc1ccccc1. The van der Waals surface area contributed by atoms with E-state index in [0.29, 0.717) is 16.9 Å². The molecule has 0 unspecified atom stereocenters. The molecule has 10 heteroatoms. The maximum absolute atomic E-state index is 13.5. The summed E-state index contributed by atoms with van der Waals surface area (Å²) in [5.74, 6) is -2.14. The minimum atomic E-state index is -4.44. The number of nitrogens with two attached hydrogens (primary N) is 1. The molecule has 190 valence electrons. The second-order valence-electron chi connectivity index (χ2n) is 8.20. The molecule has 0 atom stereocenters. The van der Waals surface area contributed by atoms with Gasteiger partial charge in [-0.1, -0.05) is 42.5 Å². The van der Waals surface area contributed by atoms with Crippen molar-refractivity contribution in [2.75, 3.05) is 4.90 Å². The van der Waals surface area contributed by atoms with Gasteiger partial charge in [0.1, 0.15) is 22.3 Å². The molecular weight excluding hydrogens is 502 g/mol. The number of sulfonamides is 1. The van der Waals surface area contributed by atoms with E-state index in [1.807, 2.05) is 0 Å². The van der Waals surface area contributed by atoms with Gasteiger partial charge in [0.2, 0.25) is 10.0 Å². The smallest absolute Gasteiger partial charge is 0.335 e. The molecule has 0 saturated heterocycles. The minimum absolute atomic E-state index is 0.107. The third kappa shape index (κ3) is 6.49. The summed E-state index contributed by atoms with van der Waals surface area (Å²) < 4.78 is 58.3. The number of carboxylic acids is 1. The van der Waals surface area contributed by atoms with E-state index >= 15 is 0 Å². The third-order valence-corrected chi connectivity index (χ3v) is 6.38. The Balaban J connectivity index is 1.93. The normalized spacial score (nSPS) is 11.2. The molecule has 4 aromatic rings. The Hall–Kier alpha value is -4.28. The first-order valence-corrected chi connectivity index (χ1v) is 12.6. The average molecular weight is 525 g/mol. The Bertz CT molecular complexity index is 1460. The highest BCUT2D eigenvalue weighted by Gasteiger charge is 2.26. The summed E-state index contributed by atoms with van der Waals surface area (Å²) in [5.41, 5.74) is 1.07. The summed E-state index contributed by atoms with van der Waals surface area (Å²) in [6, 6.07) is 21.8. The predicted molar refractivity (Wildman–Crippen MR) is 134 cm³/mol. The highest BCUT2D eigenvalue weighted by atomic mass is 32.2. The molecule has 7 nitrogen and oxygen atoms in total. The van der Waals surface area contributed by atoms with Crippen LogP contribution in [0.1, 0.15) is 21.5 Å². The van der Waals surface area contributed by atoms with Crippen LogP contribution < -0.4 is 14.8 Å². The van der Waals surface area contributed by atoms with Gasteiger partial charge in [-0.15, -0.1) is 0 Å². The van der Waals surface area contributed by atoms with Gasteiger partial charge in [-0.3, -0.25) is 0 Å². The van der Waals surface area contributed by atoms with E-state index in [-0.39, 0.29) is 30.1 Å². The summed E-state index contributed by atoms with van der Waals surface area (Å²) >= 11 is 0. The van der Waals surface area contributed by atoms with E-state index in [1.54, 1.807) is 59.5 Å². The van der Waals surface area contributed by atoms with Gasteiger partial charge >= 0.3 is 5.97 Å². The number of halogens is 2. The lowest BCUT2D eigenvalue weighted by atomic mass is 10.1. The lowest BCUT2D eigenvalue weighted by Crippen LogP contribution is -2.24. The molecule has 0 amide bonds. The van der Waals surface area contributed by atoms with Gasteiger partial charge in [0, 0.05) is 13.1 Å². The molecule has 4 aromatic carbocycles. The van der Waals surface area contributed by atoms with Crippen LogP contribution in [-0.4, -0.2) is 19.5 Å². The third-order valence-electron chi connectivity index (χ3n) is 5.47. The van der Waals surface area contributed by atoms with Gasteiger partial charge in [0.15, 0.2) is 5.75 Å². The number of ether oxygens (including phenoxy) is 1. The van der Waals surface area contributed by atoms with E-state index in [2.05, 4.69) is 0 Å². The Morgan fingerprint density at radius 2 is 1.35 bits per heavy atom. The van der Waals surface area contributed by atoms with Crippen LogP contribution in [0.2, 0.25) is 0 Å². The maximum atomic E-state index is 13.5. The van der Waals surface area contributed by atoms with E-state index in [1.165, 1.54) is 30.3 Å². The van der Waals surface area contributed by atoms with Crippen molar-refractivity contribution in [1.82, 2.24) is 0 Å². The topological polar surface area (TPSA) is 110 Å². The van der Waals surface area contributed by atoms with Crippen LogP contribution in [0, 0.1) is 11.6 Å². The van der Waals surface area contributed by atoms with Gasteiger partial charge in [-0.2, -0.15) is 0 Å². The number of aromatic carboxylic acids is 1. The summed E-state index contributed by atoms with van der Waals surface area (Å²) in [5, 5.41) is 15.2. The Morgan fingerprint density at radius 1 is 0.838 bits per heavy atom. The molecule has 4 rings (SSSR count). The molecule has 0 radical (unpaired) electrons.